The molecule has 0 aromatic heterocycles. The highest BCUT2D eigenvalue weighted by Gasteiger charge is 2.11. The van der Waals surface area contributed by atoms with Crippen molar-refractivity contribution < 1.29 is 4.74 Å². The van der Waals surface area contributed by atoms with Crippen LogP contribution < -0.4 is 10.5 Å². The second kappa shape index (κ2) is 7.34. The van der Waals surface area contributed by atoms with Crippen LogP contribution >= 0.6 is 0 Å². The number of nitrogens with two attached hydrogens (primary N) is 1. The maximum absolute atomic E-state index is 6.38. The van der Waals surface area contributed by atoms with Gasteiger partial charge in [0.1, 0.15) is 5.75 Å². The second-order valence-corrected chi connectivity index (χ2v) is 5.39. The maximum atomic E-state index is 6.38. The van der Waals surface area contributed by atoms with Crippen molar-refractivity contribution in [1.29, 1.82) is 0 Å². The van der Waals surface area contributed by atoms with Gasteiger partial charge in [0.15, 0.2) is 0 Å². The summed E-state index contributed by atoms with van der Waals surface area (Å²) in [6.45, 7) is 0. The normalized spacial score (nSPS) is 20.8. The van der Waals surface area contributed by atoms with Gasteiger partial charge in [0.25, 0.3) is 0 Å². The fourth-order valence-corrected chi connectivity index (χ4v) is 2.74. The van der Waals surface area contributed by atoms with E-state index in [9.17, 15) is 0 Å². The Balaban J connectivity index is 2.00. The van der Waals surface area contributed by atoms with Gasteiger partial charge in [-0.25, -0.2) is 0 Å². The largest absolute Gasteiger partial charge is 0.497 e. The summed E-state index contributed by atoms with van der Waals surface area (Å²) < 4.78 is 5.26. The molecule has 2 nitrogen and oxygen atoms in total. The van der Waals surface area contributed by atoms with Gasteiger partial charge < -0.3 is 10.5 Å². The Labute approximate surface area is 116 Å². The van der Waals surface area contributed by atoms with E-state index in [2.05, 4.69) is 18.2 Å². The minimum Gasteiger partial charge on any atom is -0.497 e. The van der Waals surface area contributed by atoms with E-state index in [0.717, 1.165) is 12.2 Å². The molecular formula is C17H25NO. The van der Waals surface area contributed by atoms with Crippen LogP contribution in [0.25, 0.3) is 0 Å². The van der Waals surface area contributed by atoms with Crippen LogP contribution in [0.15, 0.2) is 35.9 Å². The average Bonchev–Trinajstić information content (AvgIpc) is 2.38. The van der Waals surface area contributed by atoms with Gasteiger partial charge in [-0.15, -0.1) is 0 Å². The second-order valence-electron chi connectivity index (χ2n) is 5.39. The highest BCUT2D eigenvalue weighted by atomic mass is 16.5. The van der Waals surface area contributed by atoms with E-state index in [1.54, 1.807) is 7.11 Å². The molecule has 1 aliphatic carbocycles. The number of hydrogen-bond acceptors (Lipinski definition) is 2. The fraction of sp³-hybridized carbons (Fsp3) is 0.529. The molecule has 2 rings (SSSR count). The van der Waals surface area contributed by atoms with Crippen LogP contribution in [0.3, 0.4) is 0 Å². The first kappa shape index (κ1) is 14.1. The number of hydrogen-bond donors (Lipinski definition) is 1. The Morgan fingerprint density at radius 3 is 2.89 bits per heavy atom. The van der Waals surface area contributed by atoms with E-state index in [0.29, 0.717) is 0 Å². The van der Waals surface area contributed by atoms with Crippen LogP contribution in [0.1, 0.15) is 44.1 Å². The minimum absolute atomic E-state index is 0.158. The summed E-state index contributed by atoms with van der Waals surface area (Å²) in [5.41, 5.74) is 9.09. The van der Waals surface area contributed by atoms with E-state index in [1.807, 2.05) is 12.1 Å². The molecule has 1 unspecified atom stereocenters. The topological polar surface area (TPSA) is 35.2 Å². The lowest BCUT2D eigenvalue weighted by molar-refractivity contribution is 0.414. The van der Waals surface area contributed by atoms with Gasteiger partial charge in [0.05, 0.1) is 7.11 Å². The first-order valence-electron chi connectivity index (χ1n) is 7.37. The van der Waals surface area contributed by atoms with E-state index >= 15 is 0 Å². The van der Waals surface area contributed by atoms with Crippen molar-refractivity contribution in [2.45, 2.75) is 51.0 Å². The molecule has 0 fully saturated rings. The van der Waals surface area contributed by atoms with E-state index in [4.69, 9.17) is 10.5 Å². The predicted molar refractivity (Wildman–Crippen MR) is 80.5 cm³/mol. The average molecular weight is 259 g/mol. The Morgan fingerprint density at radius 2 is 2.05 bits per heavy atom. The van der Waals surface area contributed by atoms with E-state index < -0.39 is 0 Å². The SMILES string of the molecule is COc1cccc(CC(N)/C2=C/CCCCCC2)c1. The molecule has 1 atom stereocenters. The molecule has 104 valence electrons. The van der Waals surface area contributed by atoms with Gasteiger partial charge in [0.2, 0.25) is 0 Å². The molecule has 0 saturated heterocycles. The van der Waals surface area contributed by atoms with Crippen LogP contribution in [-0.2, 0) is 6.42 Å². The van der Waals surface area contributed by atoms with Crippen LogP contribution in [0.2, 0.25) is 0 Å². The van der Waals surface area contributed by atoms with Crippen LogP contribution in [-0.4, -0.2) is 13.2 Å². The molecule has 1 aromatic carbocycles. The molecule has 0 radical (unpaired) electrons. The lowest BCUT2D eigenvalue weighted by atomic mass is 9.92. The van der Waals surface area contributed by atoms with Crippen molar-refractivity contribution in [1.82, 2.24) is 0 Å². The van der Waals surface area contributed by atoms with Crippen molar-refractivity contribution in [3.8, 4) is 5.75 Å². The Hall–Kier alpha value is -1.28. The highest BCUT2D eigenvalue weighted by molar-refractivity contribution is 5.30. The molecule has 2 heteroatoms. The zero-order valence-electron chi connectivity index (χ0n) is 11.9. The van der Waals surface area contributed by atoms with Gasteiger partial charge in [-0.1, -0.05) is 36.6 Å². The molecule has 0 amide bonds. The van der Waals surface area contributed by atoms with Gasteiger partial charge in [-0.3, -0.25) is 0 Å². The number of ether oxygens (including phenoxy) is 1. The van der Waals surface area contributed by atoms with Crippen LogP contribution in [0.5, 0.6) is 5.75 Å². The molecular weight excluding hydrogens is 234 g/mol. The third-order valence-corrected chi connectivity index (χ3v) is 3.89. The fourth-order valence-electron chi connectivity index (χ4n) is 2.74. The van der Waals surface area contributed by atoms with E-state index in [1.165, 1.54) is 49.7 Å². The predicted octanol–water partition coefficient (Wildman–Crippen LogP) is 3.85. The summed E-state index contributed by atoms with van der Waals surface area (Å²) in [6, 6.07) is 8.39. The minimum atomic E-state index is 0.158. The lowest BCUT2D eigenvalue weighted by Gasteiger charge is -2.18. The molecule has 0 saturated carbocycles. The molecule has 0 spiro atoms. The summed E-state index contributed by atoms with van der Waals surface area (Å²) in [5.74, 6) is 0.913. The quantitative estimate of drug-likeness (QED) is 0.834. The molecule has 2 N–H and O–H groups in total. The van der Waals surface area contributed by atoms with Gasteiger partial charge in [0, 0.05) is 6.04 Å². The third-order valence-electron chi connectivity index (χ3n) is 3.89. The zero-order valence-corrected chi connectivity index (χ0v) is 11.9. The Kier molecular flexibility index (Phi) is 5.46. The van der Waals surface area contributed by atoms with Crippen molar-refractivity contribution in [3.05, 3.63) is 41.5 Å². The van der Waals surface area contributed by atoms with Gasteiger partial charge in [-0.05, 0) is 49.8 Å². The Bertz CT molecular complexity index is 425. The van der Waals surface area contributed by atoms with Crippen molar-refractivity contribution in [2.75, 3.05) is 7.11 Å². The van der Waals surface area contributed by atoms with Crippen LogP contribution in [0, 0.1) is 0 Å². The number of rotatable bonds is 4. The molecule has 0 heterocycles. The maximum Gasteiger partial charge on any atom is 0.119 e. The summed E-state index contributed by atoms with van der Waals surface area (Å²) in [4.78, 5) is 0. The summed E-state index contributed by atoms with van der Waals surface area (Å²) in [5, 5.41) is 0. The number of allylic oxidation sites excluding steroid dienone is 1. The molecule has 19 heavy (non-hydrogen) atoms. The number of methoxy groups -OCH3 is 1. The van der Waals surface area contributed by atoms with Crippen molar-refractivity contribution in [3.63, 3.8) is 0 Å². The highest BCUT2D eigenvalue weighted by Crippen LogP contribution is 2.21. The van der Waals surface area contributed by atoms with Crippen molar-refractivity contribution in [2.24, 2.45) is 5.73 Å². The first-order valence-corrected chi connectivity index (χ1v) is 7.37. The zero-order chi connectivity index (χ0) is 13.5. The monoisotopic (exact) mass is 259 g/mol. The van der Waals surface area contributed by atoms with Gasteiger partial charge >= 0.3 is 0 Å². The molecule has 1 aliphatic rings. The van der Waals surface area contributed by atoms with Crippen molar-refractivity contribution >= 4 is 0 Å². The van der Waals surface area contributed by atoms with Gasteiger partial charge in [-0.2, -0.15) is 0 Å². The summed E-state index contributed by atoms with van der Waals surface area (Å²) in [7, 11) is 1.70. The summed E-state index contributed by atoms with van der Waals surface area (Å²) >= 11 is 0. The standard InChI is InChI=1S/C17H25NO/c1-19-16-11-7-8-14(12-16)13-17(18)15-9-5-3-2-4-6-10-15/h7-9,11-12,17H,2-6,10,13,18H2,1H3/b15-9+. The summed E-state index contributed by atoms with van der Waals surface area (Å²) in [6.07, 6.45) is 11.0. The molecule has 0 bridgehead atoms. The Morgan fingerprint density at radius 1 is 1.21 bits per heavy atom. The third kappa shape index (κ3) is 4.39. The molecule has 0 aliphatic heterocycles. The lowest BCUT2D eigenvalue weighted by Crippen LogP contribution is -2.25. The smallest absolute Gasteiger partial charge is 0.119 e. The molecule has 1 aromatic rings. The van der Waals surface area contributed by atoms with Crippen LogP contribution in [0.4, 0.5) is 0 Å². The number of benzene rings is 1. The van der Waals surface area contributed by atoms with E-state index in [-0.39, 0.29) is 6.04 Å². The first-order chi connectivity index (χ1) is 9.29.